The molecule has 0 aliphatic rings. The van der Waals surface area contributed by atoms with Crippen LogP contribution in [0.4, 0.5) is 0 Å². The third-order valence-corrected chi connectivity index (χ3v) is 23.6. The summed E-state index contributed by atoms with van der Waals surface area (Å²) in [6, 6.07) is 81.4. The highest BCUT2D eigenvalue weighted by Crippen LogP contribution is 2.52. The van der Waals surface area contributed by atoms with Gasteiger partial charge in [-0.15, -0.1) is 0 Å². The zero-order chi connectivity index (χ0) is 107. The quantitative estimate of drug-likeness (QED) is 0.0249. The van der Waals surface area contributed by atoms with Crippen molar-refractivity contribution < 1.29 is 143 Å². The molecule has 0 saturated heterocycles. The molecule has 0 amide bonds. The molecule has 756 valence electrons. The average Bonchev–Trinajstić information content (AvgIpc) is 0.863. The van der Waals surface area contributed by atoms with Gasteiger partial charge in [0.1, 0.15) is 46.0 Å². The Morgan fingerprint density at radius 3 is 0.404 bits per heavy atom. The summed E-state index contributed by atoms with van der Waals surface area (Å²) in [5, 5.41) is 284. The predicted molar refractivity (Wildman–Crippen MR) is 557 cm³/mol. The molecule has 0 fully saturated rings. The van der Waals surface area contributed by atoms with Crippen LogP contribution in [0, 0.1) is 0 Å². The van der Waals surface area contributed by atoms with E-state index in [1.54, 1.807) is 121 Å². The second-order valence-electron chi connectivity index (χ2n) is 32.3. The number of benzene rings is 17. The Bertz CT molecular complexity index is 6510. The van der Waals surface area contributed by atoms with E-state index in [0.717, 1.165) is 33.4 Å². The minimum atomic E-state index is -0.807. The number of phenolic OH excluding ortho intramolecular Hbond substituents is 28. The molecule has 28 N–H and O–H groups in total. The summed E-state index contributed by atoms with van der Waals surface area (Å²) in [5.41, 5.74) is 12.9. The molecule has 17 aromatic rings. The van der Waals surface area contributed by atoms with Gasteiger partial charge in [0.25, 0.3) is 0 Å². The first-order chi connectivity index (χ1) is 69.9. The molecule has 0 radical (unpaired) electrons. The van der Waals surface area contributed by atoms with Crippen molar-refractivity contribution in [3.63, 3.8) is 0 Å². The van der Waals surface area contributed by atoms with Crippen molar-refractivity contribution in [1.82, 2.24) is 0 Å². The molecule has 0 heterocycles. The second-order valence-corrected chi connectivity index (χ2v) is 32.3. The van der Waals surface area contributed by atoms with Crippen molar-refractivity contribution in [3.05, 3.63) is 416 Å². The molecular formula is C118H116O28. The minimum absolute atomic E-state index is 0.129. The van der Waals surface area contributed by atoms with Crippen molar-refractivity contribution >= 4 is 0 Å². The molecule has 0 spiro atoms. The number of hydrogen-bond acceptors (Lipinski definition) is 28. The van der Waals surface area contributed by atoms with E-state index in [1.165, 1.54) is 146 Å². The third-order valence-electron chi connectivity index (χ3n) is 23.6. The molecule has 28 heteroatoms. The van der Waals surface area contributed by atoms with Crippen molar-refractivity contribution in [2.45, 2.75) is 105 Å². The Hall–Kier alpha value is -18.9. The van der Waals surface area contributed by atoms with Gasteiger partial charge in [0.2, 0.25) is 0 Å². The summed E-state index contributed by atoms with van der Waals surface area (Å²) in [4.78, 5) is 0. The smallest absolute Gasteiger partial charge is 0.200 e. The normalized spacial score (nSPS) is 10.7. The largest absolute Gasteiger partial charge is 0.508 e. The maximum absolute atomic E-state index is 10.7. The first-order valence-corrected chi connectivity index (χ1v) is 46.6. The summed E-state index contributed by atoms with van der Waals surface area (Å²) >= 11 is 0. The van der Waals surface area contributed by atoms with Gasteiger partial charge in [0.15, 0.2) is 115 Å². The fourth-order valence-corrected chi connectivity index (χ4v) is 16.9. The average molecular weight is 1980 g/mol. The molecule has 17 rings (SSSR count). The molecule has 0 atom stereocenters. The van der Waals surface area contributed by atoms with Crippen LogP contribution in [-0.2, 0) is 0 Å². The summed E-state index contributed by atoms with van der Waals surface area (Å²) in [5.74, 6) is -14.9. The number of phenols is 28. The SMILES string of the molecule is CC.CC.CC.CC.CC.Oc1cc(C(c2ccc(-c3ccc(C(c4cc(O)c(O)c(O)c4)c4cc(O)c(O)c(O)c4)cc3)cc2)c2cc(O)c(O)c(O)c2)cc(O)c1O.Oc1ccc(C(c2ccc(-c3ccc(C(c4ccc(O)c(O)c4)c4ccc(O)c(O)c4)cc3)cc2)c2ccc(O)c(O)c2)cc1O.Oc1ccc(C(c2ccc(C(c3ccc(O)cc3O)c3ccc(O)cc3O)cc2)c2ccc(O)cc2O)c(O)c1. The van der Waals surface area contributed by atoms with Gasteiger partial charge in [-0.1, -0.05) is 239 Å². The van der Waals surface area contributed by atoms with Gasteiger partial charge >= 0.3 is 0 Å². The molecule has 28 nitrogen and oxygen atoms in total. The fourth-order valence-electron chi connectivity index (χ4n) is 16.9. The highest BCUT2D eigenvalue weighted by Gasteiger charge is 2.32. The van der Waals surface area contributed by atoms with Crippen LogP contribution in [0.2, 0.25) is 0 Å². The molecule has 0 unspecified atom stereocenters. The molecule has 0 bridgehead atoms. The Labute approximate surface area is 841 Å². The highest BCUT2D eigenvalue weighted by molar-refractivity contribution is 5.71. The lowest BCUT2D eigenvalue weighted by molar-refractivity contribution is 0.365. The van der Waals surface area contributed by atoms with Crippen LogP contribution in [0.5, 0.6) is 161 Å². The topological polar surface area (TPSA) is 566 Å². The van der Waals surface area contributed by atoms with E-state index in [0.29, 0.717) is 89.0 Å². The monoisotopic (exact) mass is 1980 g/mol. The lowest BCUT2D eigenvalue weighted by Gasteiger charge is -2.24. The van der Waals surface area contributed by atoms with E-state index >= 15 is 0 Å². The maximum atomic E-state index is 10.7. The molecular weight excluding hydrogens is 1870 g/mol. The van der Waals surface area contributed by atoms with E-state index in [9.17, 15) is 143 Å². The van der Waals surface area contributed by atoms with Gasteiger partial charge < -0.3 is 143 Å². The van der Waals surface area contributed by atoms with Crippen molar-refractivity contribution in [3.8, 4) is 183 Å². The lowest BCUT2D eigenvalue weighted by atomic mass is 9.80. The first-order valence-electron chi connectivity index (χ1n) is 46.6. The first kappa shape index (κ1) is 109. The van der Waals surface area contributed by atoms with E-state index in [1.807, 2.05) is 118 Å². The molecule has 0 aliphatic carbocycles. The standard InChI is InChI=1S/C38H30O12.C38H30O8.C32H26O8.5C2H6/c39-25-9-21(10-26(40)35(25)47)33(22-11-27(41)36(48)28(42)12-22)19-5-1-17(2-6-19)18-3-7-20(8-4-18)34(23-13-29(43)37(49)30(44)14-23)24-15-31(45)38(50)32(46)16-24;39-29-13-9-25(17-33(29)43)37(26-10-14-30(40)34(44)18-26)23-5-1-21(2-6-23)22-3-7-24(8-4-22)38(27-11-15-31(41)35(45)19-27)28-12-16-32(42)36(46)20-28;33-19-5-9-23(27(37)13-19)31(24-10-6-20(34)14-28(24)38)17-1-2-18(4-3-17)32(25-11-7-21(35)15-29(25)39)26-12-8-22(36)16-30(26)40;5*1-2/h1-16,33-34,39-50H;1-20,37-46H;1-16,31-40H;5*1-2H3. The van der Waals surface area contributed by atoms with Crippen molar-refractivity contribution in [1.29, 1.82) is 0 Å². The summed E-state index contributed by atoms with van der Waals surface area (Å²) in [6.45, 7) is 20.0. The lowest BCUT2D eigenvalue weighted by Crippen LogP contribution is -2.07. The van der Waals surface area contributed by atoms with Crippen LogP contribution in [-0.4, -0.2) is 143 Å². The van der Waals surface area contributed by atoms with Crippen molar-refractivity contribution in [2.24, 2.45) is 0 Å². The van der Waals surface area contributed by atoms with Crippen LogP contribution in [0.25, 0.3) is 22.3 Å². The van der Waals surface area contributed by atoms with E-state index < -0.39 is 105 Å². The molecule has 17 aromatic carbocycles. The van der Waals surface area contributed by atoms with Crippen molar-refractivity contribution in [2.75, 3.05) is 0 Å². The van der Waals surface area contributed by atoms with E-state index in [2.05, 4.69) is 0 Å². The van der Waals surface area contributed by atoms with Crippen LogP contribution in [0.1, 0.15) is 205 Å². The Balaban J connectivity index is 0.000000216. The van der Waals surface area contributed by atoms with Gasteiger partial charge in [0, 0.05) is 82.0 Å². The fraction of sp³-hybridized carbons (Fsp3) is 0.136. The van der Waals surface area contributed by atoms with Crippen LogP contribution in [0.15, 0.2) is 315 Å². The van der Waals surface area contributed by atoms with E-state index in [4.69, 9.17) is 0 Å². The zero-order valence-corrected chi connectivity index (χ0v) is 81.0. The molecule has 0 aromatic heterocycles. The summed E-state index contributed by atoms with van der Waals surface area (Å²) in [6.07, 6.45) is 0. The summed E-state index contributed by atoms with van der Waals surface area (Å²) in [7, 11) is 0. The number of aromatic hydroxyl groups is 28. The van der Waals surface area contributed by atoms with Gasteiger partial charge in [-0.25, -0.2) is 0 Å². The summed E-state index contributed by atoms with van der Waals surface area (Å²) < 4.78 is 0. The highest BCUT2D eigenvalue weighted by atomic mass is 16.4. The molecule has 0 saturated carbocycles. The number of hydrogen-bond donors (Lipinski definition) is 28. The maximum Gasteiger partial charge on any atom is 0.200 e. The van der Waals surface area contributed by atoms with Gasteiger partial charge in [-0.05, 0) is 221 Å². The van der Waals surface area contributed by atoms with Gasteiger partial charge in [-0.2, -0.15) is 0 Å². The Morgan fingerprint density at radius 1 is 0.110 bits per heavy atom. The minimum Gasteiger partial charge on any atom is -0.508 e. The van der Waals surface area contributed by atoms with Gasteiger partial charge in [0.05, 0.1) is 0 Å². The Morgan fingerprint density at radius 2 is 0.247 bits per heavy atom. The van der Waals surface area contributed by atoms with Crippen LogP contribution < -0.4 is 0 Å². The predicted octanol–water partition coefficient (Wildman–Crippen LogP) is 24.4. The Kier molecular flexibility index (Phi) is 36.5. The van der Waals surface area contributed by atoms with E-state index in [-0.39, 0.29) is 92.0 Å². The molecule has 0 aliphatic heterocycles. The zero-order valence-electron chi connectivity index (χ0n) is 81.0. The third kappa shape index (κ3) is 24.8. The van der Waals surface area contributed by atoms with Crippen LogP contribution in [0.3, 0.4) is 0 Å². The second kappa shape index (κ2) is 48.8. The van der Waals surface area contributed by atoms with Crippen LogP contribution >= 0.6 is 0 Å². The van der Waals surface area contributed by atoms with Gasteiger partial charge in [-0.3, -0.25) is 0 Å². The number of rotatable bonds is 20. The molecule has 146 heavy (non-hydrogen) atoms.